The zero-order chi connectivity index (χ0) is 62.4. The van der Waals surface area contributed by atoms with E-state index in [1.807, 2.05) is 25.2 Å². The van der Waals surface area contributed by atoms with Gasteiger partial charge in [0.2, 0.25) is 5.96 Å². The van der Waals surface area contributed by atoms with Crippen LogP contribution in [0.3, 0.4) is 0 Å². The molecule has 19 nitrogen and oxygen atoms in total. The highest BCUT2D eigenvalue weighted by atomic mass is 32.3. The van der Waals surface area contributed by atoms with Crippen molar-refractivity contribution in [3.8, 4) is 0 Å². The molecule has 0 aromatic heterocycles. The van der Waals surface area contributed by atoms with Gasteiger partial charge in [-0.3, -0.25) is 14.3 Å². The standard InChI is InChI=1S/C63H103N3O16S/c1-6-8-10-21-29-47(3)62(78)49(5)59(76)37-22-19-17-15-13-12-14-16-18-20-23-38-61(82-83(79,80)81)48(4)60(77)46-58(75)45-55(72)35-27-34-54(71)44-57(74)43-53(70)33-26-32-51(68)41-50(67)30-25-31-52(69)42-56(73)36-28-40-66-63(64)65-39-24-11-9-7-2/h6,12-23,25-27,29-30,33,35,37,39,47-59,61-62,67-76,78H,1,7-11,24,28,31-32,34,36,38,40-46H2,2-5H3,(H2,64,66)(H,79,80,81)/b14-12+,15-13+,18-16+,19-17+,23-20+,29-21+,30-25+,33-26+,35-27+,37-22+,65-39?. The van der Waals surface area contributed by atoms with E-state index in [1.165, 1.54) is 37.3 Å². The molecule has 0 saturated heterocycles. The van der Waals surface area contributed by atoms with Gasteiger partial charge in [-0.1, -0.05) is 168 Å². The largest absolute Gasteiger partial charge is 0.397 e. The second kappa shape index (κ2) is 48.6. The maximum absolute atomic E-state index is 13.1. The number of Topliss-reactive ketones (excluding diaryl/α,β-unsaturated/α-hetero) is 1. The van der Waals surface area contributed by atoms with E-state index < -0.39 is 102 Å². The molecule has 0 aliphatic heterocycles. The van der Waals surface area contributed by atoms with E-state index in [-0.39, 0.29) is 75.6 Å². The van der Waals surface area contributed by atoms with Crippen LogP contribution in [0.5, 0.6) is 0 Å². The number of unbranched alkanes of at least 4 members (excludes halogenated alkanes) is 4. The third-order valence-corrected chi connectivity index (χ3v) is 13.7. The van der Waals surface area contributed by atoms with Crippen LogP contribution in [-0.4, -0.2) is 167 Å². The molecule has 0 fully saturated rings. The molecule has 0 bridgehead atoms. The first kappa shape index (κ1) is 78.4. The fourth-order valence-corrected chi connectivity index (χ4v) is 8.81. The third-order valence-electron chi connectivity index (χ3n) is 13.2. The van der Waals surface area contributed by atoms with Crippen LogP contribution in [0.2, 0.25) is 0 Å². The molecule has 0 saturated carbocycles. The van der Waals surface area contributed by atoms with Crippen molar-refractivity contribution in [2.45, 2.75) is 217 Å². The van der Waals surface area contributed by atoms with Crippen LogP contribution in [0, 0.1) is 17.8 Å². The first-order chi connectivity index (χ1) is 39.4. The minimum atomic E-state index is -4.94. The zero-order valence-corrected chi connectivity index (χ0v) is 50.2. The van der Waals surface area contributed by atoms with E-state index in [4.69, 9.17) is 9.92 Å². The molecule has 0 heterocycles. The van der Waals surface area contributed by atoms with Gasteiger partial charge in [-0.25, -0.2) is 9.18 Å². The molecule has 15 atom stereocenters. The lowest BCUT2D eigenvalue weighted by Crippen LogP contribution is -2.32. The van der Waals surface area contributed by atoms with Gasteiger partial charge in [-0.05, 0) is 77.0 Å². The molecule has 0 aliphatic rings. The Morgan fingerprint density at radius 1 is 0.566 bits per heavy atom. The number of nitrogens with zero attached hydrogens (tertiary/aromatic N) is 2. The van der Waals surface area contributed by atoms with Crippen LogP contribution in [0.15, 0.2) is 144 Å². The molecule has 15 unspecified atom stereocenters. The van der Waals surface area contributed by atoms with Gasteiger partial charge >= 0.3 is 10.4 Å². The number of aliphatic hydroxyl groups is 11. The van der Waals surface area contributed by atoms with Crippen molar-refractivity contribution in [3.05, 3.63) is 134 Å². The Kier molecular flexibility index (Phi) is 45.9. The van der Waals surface area contributed by atoms with Crippen molar-refractivity contribution in [2.75, 3.05) is 6.54 Å². The minimum Gasteiger partial charge on any atom is -0.393 e. The number of guanidine groups is 1. The Hall–Kier alpha value is -4.62. The van der Waals surface area contributed by atoms with Gasteiger partial charge in [0, 0.05) is 56.2 Å². The van der Waals surface area contributed by atoms with E-state index in [1.54, 1.807) is 92.1 Å². The molecule has 0 aromatic rings. The summed E-state index contributed by atoms with van der Waals surface area (Å²) in [5, 5.41) is 115. The van der Waals surface area contributed by atoms with Crippen molar-refractivity contribution in [3.63, 3.8) is 0 Å². The number of rotatable bonds is 48. The molecule has 20 heteroatoms. The summed E-state index contributed by atoms with van der Waals surface area (Å²) >= 11 is 0. The molecule has 83 heavy (non-hydrogen) atoms. The molecule has 14 N–H and O–H groups in total. The molecule has 0 spiro atoms. The molecule has 472 valence electrons. The van der Waals surface area contributed by atoms with Crippen LogP contribution in [0.25, 0.3) is 0 Å². The Morgan fingerprint density at radius 2 is 1.07 bits per heavy atom. The van der Waals surface area contributed by atoms with Gasteiger partial charge in [-0.2, -0.15) is 8.42 Å². The quantitative estimate of drug-likeness (QED) is 0.00744. The number of aliphatic hydroxyl groups excluding tert-OH is 11. The van der Waals surface area contributed by atoms with Gasteiger partial charge in [-0.15, -0.1) is 6.58 Å². The number of carbonyl (C=O) groups excluding carboxylic acids is 1. The summed E-state index contributed by atoms with van der Waals surface area (Å²) in [7, 11) is -4.94. The summed E-state index contributed by atoms with van der Waals surface area (Å²) in [6, 6.07) is 0. The molecular weight excluding hydrogens is 1090 g/mol. The molecule has 0 rings (SSSR count). The number of hydrogen-bond acceptors (Lipinski definition) is 16. The highest BCUT2D eigenvalue weighted by molar-refractivity contribution is 7.80. The monoisotopic (exact) mass is 1190 g/mol. The highest BCUT2D eigenvalue weighted by Crippen LogP contribution is 2.21. The van der Waals surface area contributed by atoms with Gasteiger partial charge in [0.15, 0.2) is 0 Å². The summed E-state index contributed by atoms with van der Waals surface area (Å²) in [5.41, 5.74) is 5.78. The Morgan fingerprint density at radius 3 is 1.61 bits per heavy atom. The predicted octanol–water partition coefficient (Wildman–Crippen LogP) is 6.80. The van der Waals surface area contributed by atoms with E-state index in [0.29, 0.717) is 19.4 Å². The number of hydrogen-bond donors (Lipinski definition) is 13. The molecule has 0 aliphatic carbocycles. The topological polar surface area (TPSA) is 354 Å². The van der Waals surface area contributed by atoms with Gasteiger partial charge in [0.05, 0.1) is 73.2 Å². The molecule has 0 radical (unpaired) electrons. The average Bonchev–Trinajstić information content (AvgIpc) is 3.40. The number of nitrogens with two attached hydrogens (primary N) is 1. The number of allylic oxidation sites excluding steroid dienone is 12. The third kappa shape index (κ3) is 45.4. The Bertz CT molecular complexity index is 2210. The van der Waals surface area contributed by atoms with Crippen LogP contribution < -0.4 is 5.73 Å². The SMILES string of the molecule is C=CCC/C=C/C(C)C(O)C(C)C(O)/C=C/C=C/C=C/C=C/C=C/C=C/CC(OS(=O)(=O)O)C(C)C(=O)CC(O)CC(O)/C=C/CC(O)CC(O)CC(O)/C=C/CC(O)CC(O)/C=C/CC(O)CC(O)CCCN=C(N)N=CCCCCC. The first-order valence-electron chi connectivity index (χ1n) is 29.2. The summed E-state index contributed by atoms with van der Waals surface area (Å²) < 4.78 is 37.4. The van der Waals surface area contributed by atoms with Crippen molar-refractivity contribution < 1.29 is 78.1 Å². The van der Waals surface area contributed by atoms with Gasteiger partial charge in [0.25, 0.3) is 0 Å². The fourth-order valence-electron chi connectivity index (χ4n) is 8.26. The van der Waals surface area contributed by atoms with E-state index in [2.05, 4.69) is 23.5 Å². The lowest BCUT2D eigenvalue weighted by Gasteiger charge is -2.25. The van der Waals surface area contributed by atoms with E-state index in [9.17, 15) is 73.9 Å². The first-order valence-corrected chi connectivity index (χ1v) is 30.5. The van der Waals surface area contributed by atoms with Crippen LogP contribution in [-0.2, 0) is 19.4 Å². The normalized spacial score (nSPS) is 19.1. The molecule has 0 aromatic carbocycles. The summed E-state index contributed by atoms with van der Waals surface area (Å²) in [4.78, 5) is 21.3. The minimum absolute atomic E-state index is 0.00946. The summed E-state index contributed by atoms with van der Waals surface area (Å²) in [6.07, 6.45) is 30.7. The number of carbonyl (C=O) groups is 1. The van der Waals surface area contributed by atoms with Crippen molar-refractivity contribution in [1.82, 2.24) is 0 Å². The lowest BCUT2D eigenvalue weighted by atomic mass is 9.88. The van der Waals surface area contributed by atoms with Crippen LogP contribution >= 0.6 is 0 Å². The zero-order valence-electron chi connectivity index (χ0n) is 49.4. The van der Waals surface area contributed by atoms with E-state index >= 15 is 0 Å². The van der Waals surface area contributed by atoms with Crippen LogP contribution in [0.1, 0.15) is 143 Å². The van der Waals surface area contributed by atoms with Crippen molar-refractivity contribution >= 4 is 28.4 Å². The number of ketones is 1. The Balaban J connectivity index is 4.73. The van der Waals surface area contributed by atoms with Crippen molar-refractivity contribution in [2.24, 2.45) is 33.5 Å². The summed E-state index contributed by atoms with van der Waals surface area (Å²) in [5.74, 6) is -1.94. The molecule has 0 amide bonds. The fraction of sp³-hybridized carbons (Fsp3) is 0.603. The van der Waals surface area contributed by atoms with Crippen molar-refractivity contribution in [1.29, 1.82) is 0 Å². The van der Waals surface area contributed by atoms with Crippen LogP contribution in [0.4, 0.5) is 0 Å². The highest BCUT2D eigenvalue weighted by Gasteiger charge is 2.30. The average molecular weight is 1190 g/mol. The second-order valence-electron chi connectivity index (χ2n) is 21.1. The maximum Gasteiger partial charge on any atom is 0.397 e. The maximum atomic E-state index is 13.1. The van der Waals surface area contributed by atoms with Gasteiger partial charge in [0.1, 0.15) is 5.78 Å². The smallest absolute Gasteiger partial charge is 0.393 e. The Labute approximate surface area is 495 Å². The number of aliphatic imine (C=N–C) groups is 2. The lowest BCUT2D eigenvalue weighted by molar-refractivity contribution is -0.127. The second-order valence-corrected chi connectivity index (χ2v) is 22.1. The van der Waals surface area contributed by atoms with E-state index in [0.717, 1.165) is 38.5 Å². The predicted molar refractivity (Wildman–Crippen MR) is 330 cm³/mol. The summed E-state index contributed by atoms with van der Waals surface area (Å²) in [6.45, 7) is 11.3. The van der Waals surface area contributed by atoms with Gasteiger partial charge < -0.3 is 61.9 Å². The molecular formula is C63H103N3O16S.